The maximum absolute atomic E-state index is 4.27. The summed E-state index contributed by atoms with van der Waals surface area (Å²) in [6.45, 7) is 0.853. The normalized spacial score (nSPS) is 15.1. The minimum Gasteiger partial charge on any atom is -0.308 e. The van der Waals surface area contributed by atoms with Gasteiger partial charge in [0.1, 0.15) is 10.0 Å². The van der Waals surface area contributed by atoms with Crippen LogP contribution in [0.1, 0.15) is 17.8 Å². The van der Waals surface area contributed by atoms with Crippen LogP contribution in [0.25, 0.3) is 10.6 Å². The van der Waals surface area contributed by atoms with E-state index in [-0.39, 0.29) is 0 Å². The number of rotatable bonds is 4. The number of halogens is 1. The molecule has 1 saturated carbocycles. The second-order valence-corrected chi connectivity index (χ2v) is 6.36. The highest BCUT2D eigenvalue weighted by Gasteiger charge is 2.20. The van der Waals surface area contributed by atoms with Crippen molar-refractivity contribution < 1.29 is 0 Å². The van der Waals surface area contributed by atoms with Crippen LogP contribution < -0.4 is 5.32 Å². The van der Waals surface area contributed by atoms with Crippen LogP contribution in [0.3, 0.4) is 0 Å². The molecule has 3 nitrogen and oxygen atoms in total. The van der Waals surface area contributed by atoms with Gasteiger partial charge in [0.05, 0.1) is 0 Å². The maximum Gasteiger partial charge on any atom is 0.148 e. The summed E-state index contributed by atoms with van der Waals surface area (Å²) >= 11 is 4.02. The molecule has 1 fully saturated rings. The second kappa shape index (κ2) is 4.99. The third-order valence-corrected chi connectivity index (χ3v) is 4.59. The first kappa shape index (κ1) is 11.6. The van der Waals surface area contributed by atoms with Crippen molar-refractivity contribution >= 4 is 33.9 Å². The SMILES string of the molecule is Ic1ccccc1-c1nnc(CNC2CC2)s1. The zero-order valence-electron chi connectivity index (χ0n) is 9.19. The molecule has 0 spiro atoms. The van der Waals surface area contributed by atoms with Gasteiger partial charge in [-0.3, -0.25) is 0 Å². The summed E-state index contributed by atoms with van der Waals surface area (Å²) in [5, 5.41) is 14.1. The van der Waals surface area contributed by atoms with Gasteiger partial charge in [0, 0.05) is 21.7 Å². The van der Waals surface area contributed by atoms with Crippen LogP contribution in [0.4, 0.5) is 0 Å². The van der Waals surface area contributed by atoms with Gasteiger partial charge in [0.25, 0.3) is 0 Å². The van der Waals surface area contributed by atoms with Gasteiger partial charge in [-0.2, -0.15) is 0 Å². The molecular formula is C12H12IN3S. The average molecular weight is 357 g/mol. The molecule has 1 heterocycles. The molecule has 0 saturated heterocycles. The molecule has 0 unspecified atom stereocenters. The van der Waals surface area contributed by atoms with Crippen molar-refractivity contribution in [1.29, 1.82) is 0 Å². The van der Waals surface area contributed by atoms with Gasteiger partial charge in [-0.05, 0) is 41.5 Å². The van der Waals surface area contributed by atoms with Crippen LogP contribution in [-0.2, 0) is 6.54 Å². The van der Waals surface area contributed by atoms with E-state index in [9.17, 15) is 0 Å². The molecule has 3 rings (SSSR count). The van der Waals surface area contributed by atoms with Crippen molar-refractivity contribution in [3.8, 4) is 10.6 Å². The monoisotopic (exact) mass is 357 g/mol. The first-order valence-corrected chi connectivity index (χ1v) is 7.53. The Hall–Kier alpha value is -0.530. The molecule has 1 aliphatic rings. The summed E-state index contributed by atoms with van der Waals surface area (Å²) in [6, 6.07) is 9.00. The van der Waals surface area contributed by atoms with Gasteiger partial charge < -0.3 is 5.32 Å². The number of aromatic nitrogens is 2. The predicted molar refractivity (Wildman–Crippen MR) is 77.9 cm³/mol. The van der Waals surface area contributed by atoms with E-state index in [0.717, 1.165) is 22.6 Å². The molecule has 1 N–H and O–H groups in total. The van der Waals surface area contributed by atoms with E-state index in [1.807, 2.05) is 12.1 Å². The lowest BCUT2D eigenvalue weighted by Crippen LogP contribution is -2.14. The lowest BCUT2D eigenvalue weighted by Gasteiger charge is -1.98. The quantitative estimate of drug-likeness (QED) is 0.855. The van der Waals surface area contributed by atoms with E-state index in [4.69, 9.17) is 0 Å². The Balaban J connectivity index is 1.77. The average Bonchev–Trinajstić information content (AvgIpc) is 3.06. The molecule has 0 aliphatic heterocycles. The van der Waals surface area contributed by atoms with Crippen LogP contribution in [0.2, 0.25) is 0 Å². The molecule has 1 aromatic heterocycles. The van der Waals surface area contributed by atoms with Crippen LogP contribution in [0.5, 0.6) is 0 Å². The zero-order chi connectivity index (χ0) is 11.7. The van der Waals surface area contributed by atoms with E-state index < -0.39 is 0 Å². The molecule has 0 amide bonds. The Morgan fingerprint density at radius 2 is 2.12 bits per heavy atom. The number of hydrogen-bond acceptors (Lipinski definition) is 4. The number of nitrogens with one attached hydrogen (secondary N) is 1. The third kappa shape index (κ3) is 2.83. The van der Waals surface area contributed by atoms with Crippen molar-refractivity contribution in [3.63, 3.8) is 0 Å². The fourth-order valence-electron chi connectivity index (χ4n) is 1.59. The standard InChI is InChI=1S/C12H12IN3S/c13-10-4-2-1-3-9(10)12-16-15-11(17-12)7-14-8-5-6-8/h1-4,8,14H,5-7H2. The van der Waals surface area contributed by atoms with Crippen LogP contribution in [0.15, 0.2) is 24.3 Å². The van der Waals surface area contributed by atoms with Crippen molar-refractivity contribution in [2.45, 2.75) is 25.4 Å². The molecule has 88 valence electrons. The number of hydrogen-bond donors (Lipinski definition) is 1. The largest absolute Gasteiger partial charge is 0.308 e. The smallest absolute Gasteiger partial charge is 0.148 e. The first-order chi connectivity index (χ1) is 8.33. The highest BCUT2D eigenvalue weighted by molar-refractivity contribution is 14.1. The summed E-state index contributed by atoms with van der Waals surface area (Å²) in [5.74, 6) is 0. The summed E-state index contributed by atoms with van der Waals surface area (Å²) in [7, 11) is 0. The van der Waals surface area contributed by atoms with E-state index in [1.54, 1.807) is 11.3 Å². The number of nitrogens with zero attached hydrogens (tertiary/aromatic N) is 2. The molecule has 1 aliphatic carbocycles. The summed E-state index contributed by atoms with van der Waals surface area (Å²) < 4.78 is 1.22. The van der Waals surface area contributed by atoms with Crippen LogP contribution >= 0.6 is 33.9 Å². The van der Waals surface area contributed by atoms with Gasteiger partial charge >= 0.3 is 0 Å². The lowest BCUT2D eigenvalue weighted by molar-refractivity contribution is 0.679. The van der Waals surface area contributed by atoms with Gasteiger partial charge in [0.2, 0.25) is 0 Å². The van der Waals surface area contributed by atoms with E-state index in [1.165, 1.54) is 22.0 Å². The summed E-state index contributed by atoms with van der Waals surface area (Å²) in [4.78, 5) is 0. The fourth-order valence-corrected chi connectivity index (χ4v) is 3.24. The van der Waals surface area contributed by atoms with E-state index in [2.05, 4.69) is 50.2 Å². The minimum absolute atomic E-state index is 0.721. The lowest BCUT2D eigenvalue weighted by atomic mass is 10.2. The van der Waals surface area contributed by atoms with Crippen LogP contribution in [-0.4, -0.2) is 16.2 Å². The predicted octanol–water partition coefficient (Wildman–Crippen LogP) is 3.06. The van der Waals surface area contributed by atoms with Crippen LogP contribution in [0, 0.1) is 3.57 Å². The Labute approximate surface area is 118 Å². The molecule has 0 atom stereocenters. The molecule has 5 heteroatoms. The summed E-state index contributed by atoms with van der Waals surface area (Å²) in [5.41, 5.74) is 1.18. The highest BCUT2D eigenvalue weighted by Crippen LogP contribution is 2.28. The van der Waals surface area contributed by atoms with Gasteiger partial charge in [0.15, 0.2) is 0 Å². The Morgan fingerprint density at radius 3 is 2.88 bits per heavy atom. The van der Waals surface area contributed by atoms with Crippen molar-refractivity contribution in [2.24, 2.45) is 0 Å². The Morgan fingerprint density at radius 1 is 1.29 bits per heavy atom. The van der Waals surface area contributed by atoms with E-state index in [0.29, 0.717) is 0 Å². The third-order valence-electron chi connectivity index (χ3n) is 2.69. The summed E-state index contributed by atoms with van der Waals surface area (Å²) in [6.07, 6.45) is 2.62. The molecule has 17 heavy (non-hydrogen) atoms. The van der Waals surface area contributed by atoms with Gasteiger partial charge in [-0.15, -0.1) is 10.2 Å². The van der Waals surface area contributed by atoms with E-state index >= 15 is 0 Å². The molecule has 0 radical (unpaired) electrons. The second-order valence-electron chi connectivity index (χ2n) is 4.14. The first-order valence-electron chi connectivity index (χ1n) is 5.63. The van der Waals surface area contributed by atoms with Crippen molar-refractivity contribution in [2.75, 3.05) is 0 Å². The Bertz CT molecular complexity index is 522. The topological polar surface area (TPSA) is 37.8 Å². The Kier molecular flexibility index (Phi) is 3.39. The van der Waals surface area contributed by atoms with Crippen molar-refractivity contribution in [1.82, 2.24) is 15.5 Å². The van der Waals surface area contributed by atoms with Crippen molar-refractivity contribution in [3.05, 3.63) is 32.8 Å². The van der Waals surface area contributed by atoms with Gasteiger partial charge in [-0.25, -0.2) is 0 Å². The maximum atomic E-state index is 4.27. The molecule has 2 aromatic rings. The van der Waals surface area contributed by atoms with Gasteiger partial charge in [-0.1, -0.05) is 29.5 Å². The molecule has 1 aromatic carbocycles. The molecule has 0 bridgehead atoms. The minimum atomic E-state index is 0.721. The fraction of sp³-hybridized carbons (Fsp3) is 0.333. The highest BCUT2D eigenvalue weighted by atomic mass is 127. The zero-order valence-corrected chi connectivity index (χ0v) is 12.2. The molecular weight excluding hydrogens is 345 g/mol. The number of benzene rings is 1.